The Morgan fingerprint density at radius 2 is 2.28 bits per heavy atom. The molecule has 18 heavy (non-hydrogen) atoms. The van der Waals surface area contributed by atoms with Crippen LogP contribution in [-0.4, -0.2) is 36.1 Å². The molecule has 1 aromatic rings. The van der Waals surface area contributed by atoms with Crippen molar-refractivity contribution in [3.63, 3.8) is 0 Å². The van der Waals surface area contributed by atoms with Crippen LogP contribution in [0.1, 0.15) is 15.9 Å². The molecule has 0 radical (unpaired) electrons. The fraction of sp³-hybridized carbons (Fsp3) is 0.333. The van der Waals surface area contributed by atoms with Crippen LogP contribution in [-0.2, 0) is 11.2 Å². The lowest BCUT2D eigenvalue weighted by Gasteiger charge is -2.09. The molecule has 0 spiro atoms. The first-order valence-corrected chi connectivity index (χ1v) is 5.70. The summed E-state index contributed by atoms with van der Waals surface area (Å²) in [6.45, 7) is 0.361. The zero-order valence-electron chi connectivity index (χ0n) is 9.77. The SMILES string of the molecule is N[C@@H](CO)C(=O)NC(=O)c1ccc2c(c1)NCC2. The summed E-state index contributed by atoms with van der Waals surface area (Å²) in [5, 5.41) is 14.0. The molecule has 1 aliphatic heterocycles. The Kier molecular flexibility index (Phi) is 3.59. The van der Waals surface area contributed by atoms with E-state index in [1.807, 2.05) is 6.07 Å². The maximum absolute atomic E-state index is 11.8. The second-order valence-corrected chi connectivity index (χ2v) is 4.16. The average molecular weight is 249 g/mol. The summed E-state index contributed by atoms with van der Waals surface area (Å²) in [6.07, 6.45) is 0.936. The third-order valence-corrected chi connectivity index (χ3v) is 2.85. The minimum atomic E-state index is -1.08. The molecule has 0 saturated heterocycles. The van der Waals surface area contributed by atoms with E-state index < -0.39 is 24.5 Å². The van der Waals surface area contributed by atoms with Crippen molar-refractivity contribution in [2.75, 3.05) is 18.5 Å². The summed E-state index contributed by atoms with van der Waals surface area (Å²) in [4.78, 5) is 23.1. The summed E-state index contributed by atoms with van der Waals surface area (Å²) >= 11 is 0. The van der Waals surface area contributed by atoms with Gasteiger partial charge in [-0.05, 0) is 24.1 Å². The Morgan fingerprint density at radius 3 is 3.00 bits per heavy atom. The van der Waals surface area contributed by atoms with Gasteiger partial charge in [-0.3, -0.25) is 14.9 Å². The molecule has 96 valence electrons. The normalized spacial score (nSPS) is 14.6. The number of fused-ring (bicyclic) bond motifs is 1. The van der Waals surface area contributed by atoms with Crippen molar-refractivity contribution in [1.82, 2.24) is 5.32 Å². The standard InChI is InChI=1S/C12H15N3O3/c13-9(6-16)12(18)15-11(17)8-2-1-7-3-4-14-10(7)5-8/h1-2,5,9,14,16H,3-4,6,13H2,(H,15,17,18)/t9-/m0/s1. The van der Waals surface area contributed by atoms with Gasteiger partial charge in [-0.1, -0.05) is 6.07 Å². The Morgan fingerprint density at radius 1 is 1.50 bits per heavy atom. The molecule has 1 heterocycles. The van der Waals surface area contributed by atoms with E-state index in [9.17, 15) is 9.59 Å². The first kappa shape index (κ1) is 12.5. The summed E-state index contributed by atoms with van der Waals surface area (Å²) in [6, 6.07) is 4.15. The first-order chi connectivity index (χ1) is 8.61. The molecule has 0 unspecified atom stereocenters. The number of rotatable bonds is 3. The van der Waals surface area contributed by atoms with Gasteiger partial charge in [0.15, 0.2) is 0 Å². The molecular formula is C12H15N3O3. The van der Waals surface area contributed by atoms with E-state index in [0.29, 0.717) is 5.56 Å². The molecule has 1 atom stereocenters. The van der Waals surface area contributed by atoms with Crippen LogP contribution in [0.15, 0.2) is 18.2 Å². The van der Waals surface area contributed by atoms with Gasteiger partial charge in [0.1, 0.15) is 6.04 Å². The maximum Gasteiger partial charge on any atom is 0.257 e. The predicted molar refractivity (Wildman–Crippen MR) is 66.2 cm³/mol. The number of benzene rings is 1. The number of imide groups is 1. The highest BCUT2D eigenvalue weighted by Gasteiger charge is 2.18. The van der Waals surface area contributed by atoms with E-state index >= 15 is 0 Å². The Balaban J connectivity index is 2.08. The predicted octanol–water partition coefficient (Wildman–Crippen LogP) is -0.769. The molecule has 0 aliphatic carbocycles. The summed E-state index contributed by atoms with van der Waals surface area (Å²) in [5.74, 6) is -1.20. The Bertz CT molecular complexity index is 487. The van der Waals surface area contributed by atoms with Crippen molar-refractivity contribution in [2.45, 2.75) is 12.5 Å². The number of aliphatic hydroxyl groups is 1. The third-order valence-electron chi connectivity index (χ3n) is 2.85. The van der Waals surface area contributed by atoms with Gasteiger partial charge in [-0.15, -0.1) is 0 Å². The average Bonchev–Trinajstić information content (AvgIpc) is 2.84. The molecule has 0 bridgehead atoms. The number of nitrogens with one attached hydrogen (secondary N) is 2. The molecule has 1 aliphatic rings. The summed E-state index contributed by atoms with van der Waals surface area (Å²) in [7, 11) is 0. The quantitative estimate of drug-likeness (QED) is 0.563. The van der Waals surface area contributed by atoms with Crippen molar-refractivity contribution in [2.24, 2.45) is 5.73 Å². The third kappa shape index (κ3) is 2.49. The number of amides is 2. The van der Waals surface area contributed by atoms with Crippen molar-refractivity contribution in [1.29, 1.82) is 0 Å². The van der Waals surface area contributed by atoms with Crippen LogP contribution >= 0.6 is 0 Å². The summed E-state index contributed by atoms with van der Waals surface area (Å²) < 4.78 is 0. The Labute approximate surface area is 104 Å². The van der Waals surface area contributed by atoms with Gasteiger partial charge in [0.05, 0.1) is 6.61 Å². The van der Waals surface area contributed by atoms with Crippen molar-refractivity contribution in [3.8, 4) is 0 Å². The zero-order chi connectivity index (χ0) is 13.1. The molecule has 6 heteroatoms. The van der Waals surface area contributed by atoms with Gasteiger partial charge < -0.3 is 16.2 Å². The number of nitrogens with two attached hydrogens (primary N) is 1. The number of aliphatic hydroxyl groups excluding tert-OH is 1. The van der Waals surface area contributed by atoms with E-state index in [4.69, 9.17) is 10.8 Å². The molecule has 0 saturated carbocycles. The Hall–Kier alpha value is -1.92. The molecule has 1 aromatic carbocycles. The van der Waals surface area contributed by atoms with E-state index in [-0.39, 0.29) is 0 Å². The van der Waals surface area contributed by atoms with Gasteiger partial charge >= 0.3 is 0 Å². The van der Waals surface area contributed by atoms with Crippen LogP contribution in [0.3, 0.4) is 0 Å². The van der Waals surface area contributed by atoms with E-state index in [1.54, 1.807) is 12.1 Å². The number of anilines is 1. The van der Waals surface area contributed by atoms with Gasteiger partial charge in [-0.25, -0.2) is 0 Å². The molecule has 2 amide bonds. The van der Waals surface area contributed by atoms with Crippen LogP contribution in [0.5, 0.6) is 0 Å². The topological polar surface area (TPSA) is 104 Å². The molecule has 0 fully saturated rings. The number of hydrogen-bond acceptors (Lipinski definition) is 5. The highest BCUT2D eigenvalue weighted by molar-refractivity contribution is 6.06. The highest BCUT2D eigenvalue weighted by Crippen LogP contribution is 2.23. The van der Waals surface area contributed by atoms with E-state index in [2.05, 4.69) is 10.6 Å². The van der Waals surface area contributed by atoms with Gasteiger partial charge in [0.25, 0.3) is 5.91 Å². The van der Waals surface area contributed by atoms with Gasteiger partial charge in [0.2, 0.25) is 5.91 Å². The van der Waals surface area contributed by atoms with Crippen LogP contribution in [0, 0.1) is 0 Å². The summed E-state index contributed by atoms with van der Waals surface area (Å²) in [5.41, 5.74) is 7.77. The van der Waals surface area contributed by atoms with Crippen LogP contribution in [0.2, 0.25) is 0 Å². The van der Waals surface area contributed by atoms with Crippen LogP contribution in [0.25, 0.3) is 0 Å². The molecule has 5 N–H and O–H groups in total. The van der Waals surface area contributed by atoms with Crippen molar-refractivity contribution >= 4 is 17.5 Å². The number of carbonyl (C=O) groups excluding carboxylic acids is 2. The highest BCUT2D eigenvalue weighted by atomic mass is 16.3. The zero-order valence-corrected chi connectivity index (χ0v) is 9.77. The van der Waals surface area contributed by atoms with E-state index in [1.165, 1.54) is 0 Å². The minimum Gasteiger partial charge on any atom is -0.394 e. The van der Waals surface area contributed by atoms with E-state index in [0.717, 1.165) is 24.2 Å². The number of carbonyl (C=O) groups is 2. The lowest BCUT2D eigenvalue weighted by Crippen LogP contribution is -2.45. The lowest BCUT2D eigenvalue weighted by atomic mass is 10.1. The second kappa shape index (κ2) is 5.16. The van der Waals surface area contributed by atoms with Crippen LogP contribution < -0.4 is 16.4 Å². The van der Waals surface area contributed by atoms with Crippen LogP contribution in [0.4, 0.5) is 5.69 Å². The lowest BCUT2D eigenvalue weighted by molar-refractivity contribution is -0.122. The maximum atomic E-state index is 11.8. The van der Waals surface area contributed by atoms with Gasteiger partial charge in [0, 0.05) is 17.8 Å². The first-order valence-electron chi connectivity index (χ1n) is 5.70. The fourth-order valence-electron chi connectivity index (χ4n) is 1.79. The van der Waals surface area contributed by atoms with Crippen molar-refractivity contribution in [3.05, 3.63) is 29.3 Å². The molecule has 2 rings (SSSR count). The molecule has 6 nitrogen and oxygen atoms in total. The van der Waals surface area contributed by atoms with Crippen molar-refractivity contribution < 1.29 is 14.7 Å². The monoisotopic (exact) mass is 249 g/mol. The fourth-order valence-corrected chi connectivity index (χ4v) is 1.79. The largest absolute Gasteiger partial charge is 0.394 e. The second-order valence-electron chi connectivity index (χ2n) is 4.16. The minimum absolute atomic E-state index is 0.390. The van der Waals surface area contributed by atoms with Gasteiger partial charge in [-0.2, -0.15) is 0 Å². The molecule has 0 aromatic heterocycles. The molecular weight excluding hydrogens is 234 g/mol. The smallest absolute Gasteiger partial charge is 0.257 e. The number of hydrogen-bond donors (Lipinski definition) is 4.